The number of rotatable bonds is 40. The smallest absolute Gasteiger partial charge is 0.462 e. The average Bonchev–Trinajstić information content (AvgIpc) is 3.18. The van der Waals surface area contributed by atoms with Crippen molar-refractivity contribution in [1.82, 2.24) is 0 Å². The molecule has 0 aliphatic heterocycles. The molecule has 2 atom stereocenters. The van der Waals surface area contributed by atoms with Gasteiger partial charge in [-0.3, -0.25) is 18.6 Å². The molecule has 0 rings (SSSR count). The minimum atomic E-state index is -4.39. The van der Waals surface area contributed by atoms with E-state index in [0.29, 0.717) is 6.42 Å². The van der Waals surface area contributed by atoms with Gasteiger partial charge in [-0.25, -0.2) is 4.57 Å². The van der Waals surface area contributed by atoms with Crippen LogP contribution in [0.4, 0.5) is 0 Å². The van der Waals surface area contributed by atoms with Crippen molar-refractivity contribution in [3.8, 4) is 0 Å². The van der Waals surface area contributed by atoms with Gasteiger partial charge < -0.3 is 20.1 Å². The molecular weight excluding hydrogens is 725 g/mol. The zero-order chi connectivity index (χ0) is 41.1. The van der Waals surface area contributed by atoms with Crippen LogP contribution in [0.1, 0.15) is 174 Å². The number of allylic oxidation sites excluding steroid dienone is 12. The zero-order valence-corrected chi connectivity index (χ0v) is 36.2. The molecule has 10 heteroatoms. The molecule has 0 radical (unpaired) electrons. The quantitative estimate of drug-likeness (QED) is 0.0268. The van der Waals surface area contributed by atoms with Crippen LogP contribution in [0.3, 0.4) is 0 Å². The standard InChI is InChI=1S/C46H80NO8P/c1-3-5-7-9-11-13-15-17-18-19-20-21-22-23-24-25-26-27-29-31-33-35-37-39-46(49)55-44(43-54-56(50,51)53-41-40-47)42-52-45(48)38-36-34-32-30-28-16-14-12-10-8-6-4-2/h5,7,11,13,17-18,20-21,23-24,26-27,44H,3-4,6,8-10,12,14-16,19,22,25,28-43,47H2,1-2H3,(H,50,51)/b7-5-,13-11-,18-17-,21-20-,24-23-,27-26-. The van der Waals surface area contributed by atoms with Crippen LogP contribution in [0.15, 0.2) is 72.9 Å². The summed E-state index contributed by atoms with van der Waals surface area (Å²) in [4.78, 5) is 34.8. The van der Waals surface area contributed by atoms with Crippen LogP contribution >= 0.6 is 7.82 Å². The summed E-state index contributed by atoms with van der Waals surface area (Å²) < 4.78 is 32.7. The average molecular weight is 806 g/mol. The Hall–Kier alpha value is -2.55. The van der Waals surface area contributed by atoms with E-state index in [1.807, 2.05) is 0 Å². The van der Waals surface area contributed by atoms with Crippen molar-refractivity contribution in [2.75, 3.05) is 26.4 Å². The third-order valence-corrected chi connectivity index (χ3v) is 9.84. The van der Waals surface area contributed by atoms with E-state index in [1.54, 1.807) is 0 Å². The van der Waals surface area contributed by atoms with Gasteiger partial charge >= 0.3 is 19.8 Å². The van der Waals surface area contributed by atoms with Crippen LogP contribution in [0.5, 0.6) is 0 Å². The van der Waals surface area contributed by atoms with E-state index in [2.05, 4.69) is 86.8 Å². The molecule has 0 heterocycles. The van der Waals surface area contributed by atoms with Crippen LogP contribution in [0.2, 0.25) is 0 Å². The summed E-state index contributed by atoms with van der Waals surface area (Å²) in [6.45, 7) is 3.57. The fraction of sp³-hybridized carbons (Fsp3) is 0.696. The lowest BCUT2D eigenvalue weighted by Crippen LogP contribution is -2.29. The Bertz CT molecular complexity index is 1150. The van der Waals surface area contributed by atoms with Gasteiger partial charge in [0.2, 0.25) is 0 Å². The molecule has 0 amide bonds. The van der Waals surface area contributed by atoms with Gasteiger partial charge in [-0.1, -0.05) is 170 Å². The van der Waals surface area contributed by atoms with Crippen molar-refractivity contribution in [2.24, 2.45) is 5.73 Å². The predicted octanol–water partition coefficient (Wildman–Crippen LogP) is 12.7. The highest BCUT2D eigenvalue weighted by atomic mass is 31.2. The van der Waals surface area contributed by atoms with Crippen molar-refractivity contribution < 1.29 is 37.6 Å². The largest absolute Gasteiger partial charge is 0.472 e. The van der Waals surface area contributed by atoms with E-state index in [1.165, 1.54) is 57.8 Å². The molecule has 0 aliphatic carbocycles. The highest BCUT2D eigenvalue weighted by molar-refractivity contribution is 7.47. The maximum Gasteiger partial charge on any atom is 0.472 e. The number of hydrogen-bond acceptors (Lipinski definition) is 8. The second-order valence-corrected chi connectivity index (χ2v) is 15.6. The van der Waals surface area contributed by atoms with Crippen LogP contribution in [-0.4, -0.2) is 49.3 Å². The van der Waals surface area contributed by atoms with Crippen molar-refractivity contribution in [3.05, 3.63) is 72.9 Å². The first-order chi connectivity index (χ1) is 27.3. The summed E-state index contributed by atoms with van der Waals surface area (Å²) in [5.74, 6) is -0.861. The Morgan fingerprint density at radius 2 is 0.982 bits per heavy atom. The highest BCUT2D eigenvalue weighted by Gasteiger charge is 2.26. The van der Waals surface area contributed by atoms with Crippen LogP contribution in [0, 0.1) is 0 Å². The fourth-order valence-electron chi connectivity index (χ4n) is 5.64. The summed E-state index contributed by atoms with van der Waals surface area (Å²) in [6, 6.07) is 0. The minimum absolute atomic E-state index is 0.0461. The van der Waals surface area contributed by atoms with Crippen LogP contribution < -0.4 is 5.73 Å². The normalized spacial score (nSPS) is 14.0. The molecule has 322 valence electrons. The number of phosphoric acid groups is 1. The lowest BCUT2D eigenvalue weighted by atomic mass is 10.0. The fourth-order valence-corrected chi connectivity index (χ4v) is 6.40. The molecule has 0 aromatic heterocycles. The highest BCUT2D eigenvalue weighted by Crippen LogP contribution is 2.43. The third-order valence-electron chi connectivity index (χ3n) is 8.86. The lowest BCUT2D eigenvalue weighted by Gasteiger charge is -2.19. The van der Waals surface area contributed by atoms with Gasteiger partial charge in [0.25, 0.3) is 0 Å². The summed E-state index contributed by atoms with van der Waals surface area (Å²) in [6.07, 6.45) is 50.7. The summed E-state index contributed by atoms with van der Waals surface area (Å²) in [7, 11) is -4.39. The van der Waals surface area contributed by atoms with Crippen LogP contribution in [-0.2, 0) is 32.7 Å². The molecule has 2 unspecified atom stereocenters. The van der Waals surface area contributed by atoms with Gasteiger partial charge in [-0.05, 0) is 64.2 Å². The molecule has 0 aliphatic rings. The van der Waals surface area contributed by atoms with Gasteiger partial charge in [-0.2, -0.15) is 0 Å². The second-order valence-electron chi connectivity index (χ2n) is 14.2. The van der Waals surface area contributed by atoms with Gasteiger partial charge in [0.1, 0.15) is 6.61 Å². The molecule has 3 N–H and O–H groups in total. The molecule has 9 nitrogen and oxygen atoms in total. The maximum absolute atomic E-state index is 12.6. The Labute approximate surface area is 341 Å². The third kappa shape index (κ3) is 41.1. The molecule has 0 bridgehead atoms. The Morgan fingerprint density at radius 3 is 1.46 bits per heavy atom. The first kappa shape index (κ1) is 53.5. The minimum Gasteiger partial charge on any atom is -0.462 e. The van der Waals surface area contributed by atoms with Gasteiger partial charge in [-0.15, -0.1) is 0 Å². The number of nitrogens with two attached hydrogens (primary N) is 1. The van der Waals surface area contributed by atoms with E-state index in [0.717, 1.165) is 83.5 Å². The van der Waals surface area contributed by atoms with Crippen molar-refractivity contribution in [3.63, 3.8) is 0 Å². The SMILES string of the molecule is CC/C=C\C/C=C\C/C=C\C/C=C\C/C=C\C/C=C\CCCCCCC(=O)OC(COC(=O)CCCCCCCCCCCCCC)COP(=O)(O)OCCN. The van der Waals surface area contributed by atoms with E-state index < -0.39 is 32.5 Å². The van der Waals surface area contributed by atoms with Gasteiger partial charge in [0.05, 0.1) is 13.2 Å². The molecule has 56 heavy (non-hydrogen) atoms. The lowest BCUT2D eigenvalue weighted by molar-refractivity contribution is -0.161. The number of esters is 2. The maximum atomic E-state index is 12.6. The van der Waals surface area contributed by atoms with Gasteiger partial charge in [0.15, 0.2) is 6.10 Å². The second kappa shape index (κ2) is 42.1. The van der Waals surface area contributed by atoms with E-state index in [9.17, 15) is 19.0 Å². The number of phosphoric ester groups is 1. The van der Waals surface area contributed by atoms with Gasteiger partial charge in [0, 0.05) is 19.4 Å². The molecule has 0 saturated carbocycles. The van der Waals surface area contributed by atoms with Crippen molar-refractivity contribution in [2.45, 2.75) is 180 Å². The number of unbranched alkanes of at least 4 members (excludes halogenated alkanes) is 15. The Morgan fingerprint density at radius 1 is 0.554 bits per heavy atom. The number of ether oxygens (including phenoxy) is 2. The summed E-state index contributed by atoms with van der Waals surface area (Å²) in [5, 5.41) is 0. The van der Waals surface area contributed by atoms with E-state index in [-0.39, 0.29) is 32.6 Å². The molecule has 0 aromatic rings. The van der Waals surface area contributed by atoms with Crippen LogP contribution in [0.25, 0.3) is 0 Å². The first-order valence-electron chi connectivity index (χ1n) is 21.9. The molecule has 0 aromatic carbocycles. The molecule has 0 saturated heterocycles. The topological polar surface area (TPSA) is 134 Å². The first-order valence-corrected chi connectivity index (χ1v) is 23.4. The Balaban J connectivity index is 4.20. The summed E-state index contributed by atoms with van der Waals surface area (Å²) >= 11 is 0. The predicted molar refractivity (Wildman–Crippen MR) is 233 cm³/mol. The van der Waals surface area contributed by atoms with Crippen molar-refractivity contribution >= 4 is 19.8 Å². The molecule has 0 spiro atoms. The number of carbonyl (C=O) groups excluding carboxylic acids is 2. The summed E-state index contributed by atoms with van der Waals surface area (Å²) in [5.41, 5.74) is 5.34. The van der Waals surface area contributed by atoms with E-state index >= 15 is 0 Å². The molecular formula is C46H80NO8P. The molecule has 0 fully saturated rings. The Kier molecular flexibility index (Phi) is 40.2. The zero-order valence-electron chi connectivity index (χ0n) is 35.3. The number of carbonyl (C=O) groups is 2. The van der Waals surface area contributed by atoms with Crippen molar-refractivity contribution in [1.29, 1.82) is 0 Å². The number of hydrogen-bond donors (Lipinski definition) is 2. The monoisotopic (exact) mass is 806 g/mol. The van der Waals surface area contributed by atoms with E-state index in [4.69, 9.17) is 24.3 Å².